The average Bonchev–Trinajstić information content (AvgIpc) is 2.96. The third kappa shape index (κ3) is 3.76. The van der Waals surface area contributed by atoms with Gasteiger partial charge >= 0.3 is 0 Å². The number of H-pyrrole nitrogens is 1. The van der Waals surface area contributed by atoms with Crippen LogP contribution >= 0.6 is 0 Å². The fourth-order valence-corrected chi connectivity index (χ4v) is 3.66. The van der Waals surface area contributed by atoms with Gasteiger partial charge in [-0.25, -0.2) is 0 Å². The molecule has 5 nitrogen and oxygen atoms in total. The van der Waals surface area contributed by atoms with Gasteiger partial charge in [-0.1, -0.05) is 24.3 Å². The van der Waals surface area contributed by atoms with Crippen LogP contribution in [0.25, 0.3) is 0 Å². The van der Waals surface area contributed by atoms with Gasteiger partial charge in [-0.3, -0.25) is 14.8 Å². The number of nitrogens with zero attached hydrogens (tertiary/aromatic N) is 3. The Morgan fingerprint density at radius 1 is 1.32 bits per heavy atom. The minimum Gasteiger partial charge on any atom is -0.344 e. The zero-order valence-electron chi connectivity index (χ0n) is 15.7. The molecular weight excluding hydrogens is 312 g/mol. The maximum Gasteiger partial charge on any atom is 0.239 e. The number of hydrogen-bond acceptors (Lipinski definition) is 3. The molecule has 0 spiro atoms. The summed E-state index contributed by atoms with van der Waals surface area (Å²) in [5.41, 5.74) is 6.11. The van der Waals surface area contributed by atoms with Gasteiger partial charge in [0, 0.05) is 32.4 Å². The molecular formula is C20H28N4O. The standard InChI is InChI=1S/C20H28N4O/c1-14-19(15(2)22-21-14)10-11-23(4)20(25)16(3)24-12-9-17-7-5-6-8-18(17)13-24/h5-8,16H,9-13H2,1-4H3,(H,21,22)/t16-/m0/s1. The van der Waals surface area contributed by atoms with E-state index in [-0.39, 0.29) is 11.9 Å². The first kappa shape index (κ1) is 17.7. The number of rotatable bonds is 5. The SMILES string of the molecule is Cc1n[nH]c(C)c1CCN(C)C(=O)[C@H](C)N1CCc2ccccc2C1. The number of benzene rings is 1. The summed E-state index contributed by atoms with van der Waals surface area (Å²) in [5, 5.41) is 7.24. The maximum atomic E-state index is 12.8. The predicted molar refractivity (Wildman–Crippen MR) is 99.4 cm³/mol. The van der Waals surface area contributed by atoms with E-state index in [4.69, 9.17) is 0 Å². The van der Waals surface area contributed by atoms with Crippen molar-refractivity contribution in [3.63, 3.8) is 0 Å². The van der Waals surface area contributed by atoms with Crippen molar-refractivity contribution in [2.24, 2.45) is 0 Å². The number of nitrogens with one attached hydrogen (secondary N) is 1. The van der Waals surface area contributed by atoms with E-state index in [1.165, 1.54) is 16.7 Å². The number of aryl methyl sites for hydroxylation is 2. The van der Waals surface area contributed by atoms with E-state index in [0.29, 0.717) is 0 Å². The molecule has 134 valence electrons. The van der Waals surface area contributed by atoms with Gasteiger partial charge < -0.3 is 4.90 Å². The van der Waals surface area contributed by atoms with Gasteiger partial charge in [-0.05, 0) is 50.3 Å². The molecule has 1 aliphatic rings. The van der Waals surface area contributed by atoms with Gasteiger partial charge in [0.1, 0.15) is 0 Å². The Balaban J connectivity index is 1.59. The monoisotopic (exact) mass is 340 g/mol. The summed E-state index contributed by atoms with van der Waals surface area (Å²) in [6.07, 6.45) is 1.86. The number of hydrogen-bond donors (Lipinski definition) is 1. The summed E-state index contributed by atoms with van der Waals surface area (Å²) in [6, 6.07) is 8.45. The number of amides is 1. The molecule has 5 heteroatoms. The van der Waals surface area contributed by atoms with Crippen molar-refractivity contribution in [2.75, 3.05) is 20.1 Å². The summed E-state index contributed by atoms with van der Waals surface area (Å²) >= 11 is 0. The first-order valence-corrected chi connectivity index (χ1v) is 9.03. The maximum absolute atomic E-state index is 12.8. The molecule has 1 amide bonds. The summed E-state index contributed by atoms with van der Waals surface area (Å²) in [4.78, 5) is 17.0. The number of aromatic amines is 1. The average molecular weight is 340 g/mol. The molecule has 1 N–H and O–H groups in total. The van der Waals surface area contributed by atoms with Crippen LogP contribution in [0.1, 0.15) is 35.0 Å². The van der Waals surface area contributed by atoms with Crippen LogP contribution in [0.15, 0.2) is 24.3 Å². The molecule has 1 aromatic heterocycles. The van der Waals surface area contributed by atoms with Gasteiger partial charge in [-0.15, -0.1) is 0 Å². The molecule has 0 fully saturated rings. The molecule has 25 heavy (non-hydrogen) atoms. The molecule has 0 radical (unpaired) electrons. The third-order valence-corrected chi connectivity index (χ3v) is 5.42. The van der Waals surface area contributed by atoms with Crippen molar-refractivity contribution in [2.45, 2.75) is 46.2 Å². The molecule has 1 aliphatic heterocycles. The molecule has 0 unspecified atom stereocenters. The van der Waals surface area contributed by atoms with E-state index in [0.717, 1.165) is 43.9 Å². The first-order chi connectivity index (χ1) is 12.0. The molecule has 0 saturated heterocycles. The van der Waals surface area contributed by atoms with E-state index in [1.54, 1.807) is 0 Å². The van der Waals surface area contributed by atoms with Crippen molar-refractivity contribution >= 4 is 5.91 Å². The summed E-state index contributed by atoms with van der Waals surface area (Å²) in [7, 11) is 1.90. The molecule has 0 saturated carbocycles. The predicted octanol–water partition coefficient (Wildman–Crippen LogP) is 2.47. The Hall–Kier alpha value is -2.14. The van der Waals surface area contributed by atoms with Crippen LogP contribution < -0.4 is 0 Å². The van der Waals surface area contributed by atoms with Crippen LogP contribution in [-0.2, 0) is 24.2 Å². The highest BCUT2D eigenvalue weighted by Gasteiger charge is 2.27. The number of carbonyl (C=O) groups is 1. The molecule has 1 aromatic carbocycles. The van der Waals surface area contributed by atoms with Crippen molar-refractivity contribution in [1.29, 1.82) is 0 Å². The molecule has 0 aliphatic carbocycles. The van der Waals surface area contributed by atoms with Crippen LogP contribution in [0.4, 0.5) is 0 Å². The van der Waals surface area contributed by atoms with Crippen LogP contribution in [0.3, 0.4) is 0 Å². The van der Waals surface area contributed by atoms with Crippen LogP contribution in [0.5, 0.6) is 0 Å². The van der Waals surface area contributed by atoms with Gasteiger partial charge in [0.05, 0.1) is 11.7 Å². The number of likely N-dealkylation sites (N-methyl/N-ethyl adjacent to an activating group) is 1. The lowest BCUT2D eigenvalue weighted by molar-refractivity contribution is -0.135. The quantitative estimate of drug-likeness (QED) is 0.910. The van der Waals surface area contributed by atoms with E-state index in [2.05, 4.69) is 39.4 Å². The first-order valence-electron chi connectivity index (χ1n) is 9.03. The van der Waals surface area contributed by atoms with Crippen LogP contribution in [0, 0.1) is 13.8 Å². The van der Waals surface area contributed by atoms with E-state index >= 15 is 0 Å². The number of fused-ring (bicyclic) bond motifs is 1. The highest BCUT2D eigenvalue weighted by molar-refractivity contribution is 5.81. The summed E-state index contributed by atoms with van der Waals surface area (Å²) < 4.78 is 0. The van der Waals surface area contributed by atoms with Gasteiger partial charge in [0.25, 0.3) is 0 Å². The molecule has 3 rings (SSSR count). The fourth-order valence-electron chi connectivity index (χ4n) is 3.66. The molecule has 2 heterocycles. The zero-order chi connectivity index (χ0) is 18.0. The lowest BCUT2D eigenvalue weighted by atomic mass is 9.98. The Kier molecular flexibility index (Phi) is 5.23. The van der Waals surface area contributed by atoms with Gasteiger partial charge in [0.2, 0.25) is 5.91 Å². The van der Waals surface area contributed by atoms with E-state index < -0.39 is 0 Å². The number of carbonyl (C=O) groups excluding carboxylic acids is 1. The Morgan fingerprint density at radius 2 is 2.04 bits per heavy atom. The second-order valence-electron chi connectivity index (χ2n) is 7.09. The summed E-state index contributed by atoms with van der Waals surface area (Å²) in [6.45, 7) is 8.59. The second-order valence-corrected chi connectivity index (χ2v) is 7.09. The third-order valence-electron chi connectivity index (χ3n) is 5.42. The van der Waals surface area contributed by atoms with Gasteiger partial charge in [-0.2, -0.15) is 5.10 Å². The normalized spacial score (nSPS) is 15.7. The Morgan fingerprint density at radius 3 is 2.72 bits per heavy atom. The smallest absolute Gasteiger partial charge is 0.239 e. The minimum atomic E-state index is -0.0927. The lowest BCUT2D eigenvalue weighted by Gasteiger charge is -2.34. The summed E-state index contributed by atoms with van der Waals surface area (Å²) in [5.74, 6) is 0.193. The molecule has 2 aromatic rings. The van der Waals surface area contributed by atoms with Crippen molar-refractivity contribution in [3.05, 3.63) is 52.3 Å². The topological polar surface area (TPSA) is 52.2 Å². The van der Waals surface area contributed by atoms with E-state index in [9.17, 15) is 4.79 Å². The minimum absolute atomic E-state index is 0.0927. The molecule has 1 atom stereocenters. The molecule has 0 bridgehead atoms. The van der Waals surface area contributed by atoms with Crippen molar-refractivity contribution < 1.29 is 4.79 Å². The largest absolute Gasteiger partial charge is 0.344 e. The fraction of sp³-hybridized carbons (Fsp3) is 0.500. The second kappa shape index (κ2) is 7.40. The Bertz CT molecular complexity index is 732. The highest BCUT2D eigenvalue weighted by Crippen LogP contribution is 2.21. The van der Waals surface area contributed by atoms with Crippen LogP contribution in [-0.4, -0.2) is 52.1 Å². The van der Waals surface area contributed by atoms with Crippen LogP contribution in [0.2, 0.25) is 0 Å². The number of aromatic nitrogens is 2. The highest BCUT2D eigenvalue weighted by atomic mass is 16.2. The Labute approximate surface area is 150 Å². The van der Waals surface area contributed by atoms with Gasteiger partial charge in [0.15, 0.2) is 0 Å². The van der Waals surface area contributed by atoms with E-state index in [1.807, 2.05) is 32.7 Å². The van der Waals surface area contributed by atoms with Crippen molar-refractivity contribution in [1.82, 2.24) is 20.0 Å². The lowest BCUT2D eigenvalue weighted by Crippen LogP contribution is -2.48. The van der Waals surface area contributed by atoms with Crippen molar-refractivity contribution in [3.8, 4) is 0 Å². The zero-order valence-corrected chi connectivity index (χ0v) is 15.7.